The third kappa shape index (κ3) is 5.93. The zero-order chi connectivity index (χ0) is 11.6. The van der Waals surface area contributed by atoms with Gasteiger partial charge in [-0.1, -0.05) is 18.5 Å². The molecule has 1 rings (SSSR count). The molecule has 0 radical (unpaired) electrons. The summed E-state index contributed by atoms with van der Waals surface area (Å²) in [6, 6.07) is 1.78. The van der Waals surface area contributed by atoms with E-state index in [2.05, 4.69) is 17.2 Å². The van der Waals surface area contributed by atoms with Gasteiger partial charge in [-0.2, -0.15) is 0 Å². The molecule has 0 fully saturated rings. The van der Waals surface area contributed by atoms with E-state index >= 15 is 0 Å². The molecule has 0 bridgehead atoms. The molecule has 0 aliphatic rings. The molecule has 4 heteroatoms. The summed E-state index contributed by atoms with van der Waals surface area (Å²) < 4.78 is 5.53. The second-order valence-corrected chi connectivity index (χ2v) is 4.04. The normalized spacial score (nSPS) is 10.4. The molecule has 3 nitrogen and oxygen atoms in total. The van der Waals surface area contributed by atoms with E-state index in [0.717, 1.165) is 31.9 Å². The van der Waals surface area contributed by atoms with E-state index in [4.69, 9.17) is 16.3 Å². The first kappa shape index (κ1) is 13.3. The van der Waals surface area contributed by atoms with E-state index in [1.165, 1.54) is 12.8 Å². The van der Waals surface area contributed by atoms with Crippen LogP contribution in [0.2, 0.25) is 5.02 Å². The smallest absolute Gasteiger partial charge is 0.139 e. The fourth-order valence-corrected chi connectivity index (χ4v) is 1.53. The Hall–Kier alpha value is -0.800. The molecule has 0 unspecified atom stereocenters. The van der Waals surface area contributed by atoms with Gasteiger partial charge in [-0.05, 0) is 32.4 Å². The van der Waals surface area contributed by atoms with Crippen molar-refractivity contribution in [3.8, 4) is 5.75 Å². The van der Waals surface area contributed by atoms with Crippen molar-refractivity contribution in [2.75, 3.05) is 19.7 Å². The highest BCUT2D eigenvalue weighted by atomic mass is 35.5. The summed E-state index contributed by atoms with van der Waals surface area (Å²) in [4.78, 5) is 3.96. The van der Waals surface area contributed by atoms with E-state index in [-0.39, 0.29) is 0 Å². The molecular weight excluding hydrogens is 224 g/mol. The Morgan fingerprint density at radius 2 is 2.19 bits per heavy atom. The quantitative estimate of drug-likeness (QED) is 0.712. The van der Waals surface area contributed by atoms with Gasteiger partial charge in [0.25, 0.3) is 0 Å². The number of rotatable bonds is 8. The third-order valence-electron chi connectivity index (χ3n) is 2.20. The van der Waals surface area contributed by atoms with Crippen LogP contribution >= 0.6 is 11.6 Å². The van der Waals surface area contributed by atoms with Crippen LogP contribution in [0.15, 0.2) is 18.5 Å². The van der Waals surface area contributed by atoms with Crippen LogP contribution in [0.3, 0.4) is 0 Å². The highest BCUT2D eigenvalue weighted by molar-refractivity contribution is 6.30. The summed E-state index contributed by atoms with van der Waals surface area (Å²) in [6.07, 6.45) is 6.74. The van der Waals surface area contributed by atoms with Crippen LogP contribution in [0, 0.1) is 0 Å². The molecule has 0 spiro atoms. The van der Waals surface area contributed by atoms with Gasteiger partial charge < -0.3 is 10.1 Å². The van der Waals surface area contributed by atoms with Gasteiger partial charge in [0, 0.05) is 12.3 Å². The van der Waals surface area contributed by atoms with Crippen molar-refractivity contribution in [3.63, 3.8) is 0 Å². The van der Waals surface area contributed by atoms with Crippen molar-refractivity contribution >= 4 is 11.6 Å². The number of hydrogen-bond acceptors (Lipinski definition) is 3. The molecule has 0 amide bonds. The molecule has 1 heterocycles. The predicted octanol–water partition coefficient (Wildman–Crippen LogP) is 2.89. The summed E-state index contributed by atoms with van der Waals surface area (Å²) in [7, 11) is 0. The lowest BCUT2D eigenvalue weighted by atomic mass is 10.2. The monoisotopic (exact) mass is 242 g/mol. The fourth-order valence-electron chi connectivity index (χ4n) is 1.37. The lowest BCUT2D eigenvalue weighted by Crippen LogP contribution is -2.14. The maximum atomic E-state index is 5.79. The number of nitrogens with one attached hydrogen (secondary N) is 1. The largest absolute Gasteiger partial charge is 0.492 e. The highest BCUT2D eigenvalue weighted by Crippen LogP contribution is 2.15. The summed E-state index contributed by atoms with van der Waals surface area (Å²) in [5, 5.41) is 3.91. The van der Waals surface area contributed by atoms with Gasteiger partial charge in [0.2, 0.25) is 0 Å². The van der Waals surface area contributed by atoms with Gasteiger partial charge in [-0.25, -0.2) is 0 Å². The molecule has 1 N–H and O–H groups in total. The number of nitrogens with zero attached hydrogens (tertiary/aromatic N) is 1. The highest BCUT2D eigenvalue weighted by Gasteiger charge is 1.95. The number of hydrogen-bond donors (Lipinski definition) is 1. The van der Waals surface area contributed by atoms with Crippen LogP contribution in [0.5, 0.6) is 5.75 Å². The minimum absolute atomic E-state index is 0.615. The lowest BCUT2D eigenvalue weighted by Gasteiger charge is -2.05. The van der Waals surface area contributed by atoms with E-state index in [0.29, 0.717) is 5.02 Å². The van der Waals surface area contributed by atoms with Crippen LogP contribution in [0.1, 0.15) is 26.2 Å². The second kappa shape index (κ2) is 8.36. The molecular formula is C12H19ClN2O. The second-order valence-electron chi connectivity index (χ2n) is 3.60. The fraction of sp³-hybridized carbons (Fsp3) is 0.583. The minimum Gasteiger partial charge on any atom is -0.492 e. The van der Waals surface area contributed by atoms with Crippen molar-refractivity contribution in [2.45, 2.75) is 26.2 Å². The summed E-state index contributed by atoms with van der Waals surface area (Å²) in [5.74, 6) is 0.749. The average molecular weight is 243 g/mol. The van der Waals surface area contributed by atoms with E-state index in [1.807, 2.05) is 0 Å². The Kier molecular flexibility index (Phi) is 6.93. The van der Waals surface area contributed by atoms with Gasteiger partial charge in [0.1, 0.15) is 5.75 Å². The Balaban J connectivity index is 2.03. The van der Waals surface area contributed by atoms with E-state index in [1.54, 1.807) is 18.5 Å². The SMILES string of the molecule is CCNCCCCCOc1cncc(Cl)c1. The number of ether oxygens (including phenoxy) is 1. The van der Waals surface area contributed by atoms with Crippen LogP contribution in [-0.2, 0) is 0 Å². The summed E-state index contributed by atoms with van der Waals surface area (Å²) in [5.41, 5.74) is 0. The zero-order valence-electron chi connectivity index (χ0n) is 9.71. The third-order valence-corrected chi connectivity index (χ3v) is 2.40. The average Bonchev–Trinajstić information content (AvgIpc) is 2.28. The standard InChI is InChI=1S/C12H19ClN2O/c1-2-14-6-4-3-5-7-16-12-8-11(13)9-15-10-12/h8-10,14H,2-7H2,1H3. The maximum absolute atomic E-state index is 5.79. The van der Waals surface area contributed by atoms with Crippen molar-refractivity contribution < 1.29 is 4.74 Å². The zero-order valence-corrected chi connectivity index (χ0v) is 10.5. The first-order chi connectivity index (χ1) is 7.83. The van der Waals surface area contributed by atoms with Gasteiger partial charge in [0.05, 0.1) is 17.8 Å². The molecule has 0 saturated heterocycles. The Morgan fingerprint density at radius 3 is 2.94 bits per heavy atom. The Labute approximate surface area is 102 Å². The minimum atomic E-state index is 0.615. The van der Waals surface area contributed by atoms with E-state index < -0.39 is 0 Å². The van der Waals surface area contributed by atoms with Crippen molar-refractivity contribution in [3.05, 3.63) is 23.5 Å². The Morgan fingerprint density at radius 1 is 1.31 bits per heavy atom. The van der Waals surface area contributed by atoms with E-state index in [9.17, 15) is 0 Å². The van der Waals surface area contributed by atoms with Crippen molar-refractivity contribution in [1.82, 2.24) is 10.3 Å². The molecule has 0 saturated carbocycles. The van der Waals surface area contributed by atoms with Crippen molar-refractivity contribution in [2.24, 2.45) is 0 Å². The molecule has 1 aromatic heterocycles. The first-order valence-electron chi connectivity index (χ1n) is 5.77. The molecule has 0 aliphatic carbocycles. The van der Waals surface area contributed by atoms with Crippen LogP contribution in [-0.4, -0.2) is 24.7 Å². The molecule has 0 aliphatic heterocycles. The van der Waals surface area contributed by atoms with Gasteiger partial charge in [-0.15, -0.1) is 0 Å². The topological polar surface area (TPSA) is 34.1 Å². The molecule has 16 heavy (non-hydrogen) atoms. The molecule has 0 aromatic carbocycles. The van der Waals surface area contributed by atoms with Crippen molar-refractivity contribution in [1.29, 1.82) is 0 Å². The lowest BCUT2D eigenvalue weighted by molar-refractivity contribution is 0.304. The number of halogens is 1. The van der Waals surface area contributed by atoms with Crippen LogP contribution < -0.4 is 10.1 Å². The number of pyridine rings is 1. The van der Waals surface area contributed by atoms with Gasteiger partial charge in [0.15, 0.2) is 0 Å². The van der Waals surface area contributed by atoms with Crippen LogP contribution in [0.4, 0.5) is 0 Å². The maximum Gasteiger partial charge on any atom is 0.139 e. The number of aromatic nitrogens is 1. The molecule has 1 aromatic rings. The summed E-state index contributed by atoms with van der Waals surface area (Å²) >= 11 is 5.79. The van der Waals surface area contributed by atoms with Gasteiger partial charge >= 0.3 is 0 Å². The predicted molar refractivity (Wildman–Crippen MR) is 67.1 cm³/mol. The Bertz CT molecular complexity index is 294. The number of unbranched alkanes of at least 4 members (excludes halogenated alkanes) is 2. The first-order valence-corrected chi connectivity index (χ1v) is 6.15. The molecule has 90 valence electrons. The van der Waals surface area contributed by atoms with Crippen LogP contribution in [0.25, 0.3) is 0 Å². The van der Waals surface area contributed by atoms with Gasteiger partial charge in [-0.3, -0.25) is 4.98 Å². The summed E-state index contributed by atoms with van der Waals surface area (Å²) in [6.45, 7) is 4.99. The molecule has 0 atom stereocenters.